The zero-order chi connectivity index (χ0) is 12.4. The number of anilines is 2. The average Bonchev–Trinajstić information content (AvgIpc) is 2.71. The molecule has 0 unspecified atom stereocenters. The van der Waals surface area contributed by atoms with Crippen molar-refractivity contribution in [3.8, 4) is 0 Å². The molecular weight excluding hydrogens is 322 g/mol. The standard InChI is InChI=1S/C10H6Cl4N2S/c11-3-6-4-17-10(15-6)16-9-7(13)1-5(12)2-8(9)14/h1-2,4H,3H2,(H,15,16). The van der Waals surface area contributed by atoms with Crippen LogP contribution in [0.2, 0.25) is 15.1 Å². The molecule has 1 aromatic heterocycles. The van der Waals surface area contributed by atoms with Gasteiger partial charge in [-0.1, -0.05) is 34.8 Å². The Kier molecular flexibility index (Phi) is 4.39. The van der Waals surface area contributed by atoms with E-state index in [1.54, 1.807) is 12.1 Å². The fourth-order valence-electron chi connectivity index (χ4n) is 1.19. The maximum Gasteiger partial charge on any atom is 0.187 e. The maximum absolute atomic E-state index is 6.04. The van der Waals surface area contributed by atoms with E-state index in [1.165, 1.54) is 11.3 Å². The summed E-state index contributed by atoms with van der Waals surface area (Å²) in [5.41, 5.74) is 1.40. The molecule has 1 N–H and O–H groups in total. The van der Waals surface area contributed by atoms with Gasteiger partial charge < -0.3 is 5.32 Å². The van der Waals surface area contributed by atoms with Crippen LogP contribution >= 0.6 is 57.7 Å². The van der Waals surface area contributed by atoms with Crippen molar-refractivity contribution in [1.82, 2.24) is 4.98 Å². The van der Waals surface area contributed by atoms with E-state index in [9.17, 15) is 0 Å². The number of nitrogens with one attached hydrogen (secondary N) is 1. The SMILES string of the molecule is ClCc1csc(Nc2c(Cl)cc(Cl)cc2Cl)n1. The van der Waals surface area contributed by atoms with Gasteiger partial charge in [0.25, 0.3) is 0 Å². The van der Waals surface area contributed by atoms with Crippen molar-refractivity contribution < 1.29 is 0 Å². The summed E-state index contributed by atoms with van der Waals surface area (Å²) in [5.74, 6) is 0.375. The molecule has 0 radical (unpaired) electrons. The molecule has 17 heavy (non-hydrogen) atoms. The third-order valence-corrected chi connectivity index (χ3v) is 3.82. The van der Waals surface area contributed by atoms with Gasteiger partial charge in [-0.05, 0) is 12.1 Å². The van der Waals surface area contributed by atoms with Crippen molar-refractivity contribution in [3.63, 3.8) is 0 Å². The number of rotatable bonds is 3. The first-order valence-electron chi connectivity index (χ1n) is 4.52. The third-order valence-electron chi connectivity index (χ3n) is 1.93. The molecule has 0 aliphatic rings. The summed E-state index contributed by atoms with van der Waals surface area (Å²) in [7, 11) is 0. The highest BCUT2D eigenvalue weighted by Gasteiger charge is 2.10. The number of benzene rings is 1. The van der Waals surface area contributed by atoms with Gasteiger partial charge in [-0.25, -0.2) is 4.98 Å². The first kappa shape index (κ1) is 13.2. The Labute approximate surface area is 122 Å². The molecule has 0 saturated heterocycles. The molecule has 0 aliphatic carbocycles. The molecular formula is C10H6Cl4N2S. The van der Waals surface area contributed by atoms with Crippen LogP contribution in [0.1, 0.15) is 5.69 Å². The van der Waals surface area contributed by atoms with Crippen molar-refractivity contribution >= 4 is 68.6 Å². The second-order valence-corrected chi connectivity index (χ2v) is 5.52. The molecule has 90 valence electrons. The second kappa shape index (κ2) is 5.63. The number of thiazole rings is 1. The van der Waals surface area contributed by atoms with E-state index < -0.39 is 0 Å². The van der Waals surface area contributed by atoms with E-state index in [2.05, 4.69) is 10.3 Å². The highest BCUT2D eigenvalue weighted by atomic mass is 35.5. The topological polar surface area (TPSA) is 24.9 Å². The first-order valence-corrected chi connectivity index (χ1v) is 7.07. The molecule has 0 spiro atoms. The molecule has 2 nitrogen and oxygen atoms in total. The Hall–Kier alpha value is -0.190. The Morgan fingerprint density at radius 3 is 2.35 bits per heavy atom. The van der Waals surface area contributed by atoms with E-state index in [-0.39, 0.29) is 0 Å². The molecule has 0 bridgehead atoms. The second-order valence-electron chi connectivity index (χ2n) is 3.15. The molecule has 2 aromatic rings. The Morgan fingerprint density at radius 1 is 1.18 bits per heavy atom. The maximum atomic E-state index is 6.04. The van der Waals surface area contributed by atoms with Crippen molar-refractivity contribution in [1.29, 1.82) is 0 Å². The molecule has 7 heteroatoms. The molecule has 0 aliphatic heterocycles. The quantitative estimate of drug-likeness (QED) is 0.744. The van der Waals surface area contributed by atoms with Crippen LogP contribution in [-0.4, -0.2) is 4.98 Å². The zero-order valence-corrected chi connectivity index (χ0v) is 12.1. The number of nitrogens with zero attached hydrogens (tertiary/aromatic N) is 1. The minimum Gasteiger partial charge on any atom is -0.329 e. The third kappa shape index (κ3) is 3.18. The van der Waals surface area contributed by atoms with E-state index in [1.807, 2.05) is 5.38 Å². The number of alkyl halides is 1. The van der Waals surface area contributed by atoms with Gasteiger partial charge in [0.15, 0.2) is 5.13 Å². The van der Waals surface area contributed by atoms with Gasteiger partial charge in [-0.3, -0.25) is 0 Å². The Morgan fingerprint density at radius 2 is 1.82 bits per heavy atom. The molecule has 2 rings (SSSR count). The fourth-order valence-corrected chi connectivity index (χ4v) is 3.05. The highest BCUT2D eigenvalue weighted by Crippen LogP contribution is 2.36. The summed E-state index contributed by atoms with van der Waals surface area (Å²) in [6.45, 7) is 0. The predicted octanol–water partition coefficient (Wildman–Crippen LogP) is 5.59. The van der Waals surface area contributed by atoms with Crippen molar-refractivity contribution in [2.24, 2.45) is 0 Å². The van der Waals surface area contributed by atoms with Gasteiger partial charge in [-0.2, -0.15) is 0 Å². The van der Waals surface area contributed by atoms with Gasteiger partial charge in [0.1, 0.15) is 0 Å². The smallest absolute Gasteiger partial charge is 0.187 e. The van der Waals surface area contributed by atoms with Crippen LogP contribution in [0.15, 0.2) is 17.5 Å². The monoisotopic (exact) mass is 326 g/mol. The summed E-state index contributed by atoms with van der Waals surface area (Å²) in [6, 6.07) is 3.24. The predicted molar refractivity (Wildman–Crippen MR) is 76.4 cm³/mol. The van der Waals surface area contributed by atoms with Crippen LogP contribution in [-0.2, 0) is 5.88 Å². The van der Waals surface area contributed by atoms with Crippen molar-refractivity contribution in [2.75, 3.05) is 5.32 Å². The lowest BCUT2D eigenvalue weighted by atomic mass is 10.3. The molecule has 1 heterocycles. The van der Waals surface area contributed by atoms with Gasteiger partial charge in [0.2, 0.25) is 0 Å². The number of hydrogen-bond acceptors (Lipinski definition) is 3. The number of halogens is 4. The summed E-state index contributed by atoms with van der Waals surface area (Å²) in [5, 5.41) is 6.99. The van der Waals surface area contributed by atoms with Gasteiger partial charge in [0.05, 0.1) is 27.3 Å². The van der Waals surface area contributed by atoms with Crippen molar-refractivity contribution in [3.05, 3.63) is 38.3 Å². The van der Waals surface area contributed by atoms with E-state index in [0.29, 0.717) is 31.8 Å². The van der Waals surface area contributed by atoms with Crippen LogP contribution in [0.3, 0.4) is 0 Å². The number of hydrogen-bond donors (Lipinski definition) is 1. The summed E-state index contributed by atoms with van der Waals surface area (Å²) in [4.78, 5) is 4.25. The van der Waals surface area contributed by atoms with Crippen LogP contribution in [0, 0.1) is 0 Å². The van der Waals surface area contributed by atoms with Gasteiger partial charge >= 0.3 is 0 Å². The molecule has 1 aromatic carbocycles. The van der Waals surface area contributed by atoms with E-state index in [0.717, 1.165) is 5.69 Å². The molecule has 0 fully saturated rings. The Balaban J connectivity index is 2.29. The van der Waals surface area contributed by atoms with Crippen LogP contribution in [0.5, 0.6) is 0 Å². The molecule has 0 amide bonds. The normalized spacial score (nSPS) is 10.6. The van der Waals surface area contributed by atoms with Gasteiger partial charge in [0, 0.05) is 10.4 Å². The lowest BCUT2D eigenvalue weighted by Gasteiger charge is -2.08. The number of aromatic nitrogens is 1. The molecule has 0 atom stereocenters. The van der Waals surface area contributed by atoms with Crippen LogP contribution in [0.4, 0.5) is 10.8 Å². The lowest BCUT2D eigenvalue weighted by Crippen LogP contribution is -1.92. The minimum absolute atomic E-state index is 0.375. The first-order chi connectivity index (χ1) is 8.10. The highest BCUT2D eigenvalue weighted by molar-refractivity contribution is 7.13. The zero-order valence-electron chi connectivity index (χ0n) is 8.31. The fraction of sp³-hybridized carbons (Fsp3) is 0.100. The summed E-state index contributed by atoms with van der Waals surface area (Å²) in [6.07, 6.45) is 0. The van der Waals surface area contributed by atoms with Gasteiger partial charge in [-0.15, -0.1) is 22.9 Å². The van der Waals surface area contributed by atoms with Crippen LogP contribution in [0.25, 0.3) is 0 Å². The van der Waals surface area contributed by atoms with Crippen LogP contribution < -0.4 is 5.32 Å². The van der Waals surface area contributed by atoms with Crippen molar-refractivity contribution in [2.45, 2.75) is 5.88 Å². The largest absolute Gasteiger partial charge is 0.329 e. The lowest BCUT2D eigenvalue weighted by molar-refractivity contribution is 1.22. The minimum atomic E-state index is 0.375. The van der Waals surface area contributed by atoms with E-state index >= 15 is 0 Å². The summed E-state index contributed by atoms with van der Waals surface area (Å²) < 4.78 is 0. The molecule has 0 saturated carbocycles. The average molecular weight is 328 g/mol. The van der Waals surface area contributed by atoms with E-state index in [4.69, 9.17) is 46.4 Å². The summed E-state index contributed by atoms with van der Waals surface area (Å²) >= 11 is 25.0. The Bertz CT molecular complexity index is 518.